The summed E-state index contributed by atoms with van der Waals surface area (Å²) in [4.78, 5) is 11.5. The van der Waals surface area contributed by atoms with E-state index in [4.69, 9.17) is 0 Å². The first kappa shape index (κ1) is 14.9. The molecular weight excluding hydrogens is 271 g/mol. The lowest BCUT2D eigenvalue weighted by Gasteiger charge is -2.06. The molecule has 5 nitrogen and oxygen atoms in total. The summed E-state index contributed by atoms with van der Waals surface area (Å²) in [5.74, 6) is 0.131. The number of amides is 1. The zero-order valence-electron chi connectivity index (χ0n) is 11.8. The minimum absolute atomic E-state index is 0.233. The Morgan fingerprint density at radius 3 is 2.52 bits per heavy atom. The lowest BCUT2D eigenvalue weighted by Crippen LogP contribution is -2.24. The molecule has 0 aliphatic rings. The highest BCUT2D eigenvalue weighted by Crippen LogP contribution is 2.05. The van der Waals surface area contributed by atoms with Crippen LogP contribution >= 0.6 is 0 Å². The van der Waals surface area contributed by atoms with Crippen LogP contribution in [0.25, 0.3) is 0 Å². The van der Waals surface area contributed by atoms with Gasteiger partial charge in [-0.15, -0.1) is 10.2 Å². The van der Waals surface area contributed by atoms with E-state index in [1.807, 2.05) is 6.92 Å². The number of rotatable bonds is 6. The van der Waals surface area contributed by atoms with Crippen LogP contribution in [-0.2, 0) is 6.42 Å². The third-order valence-corrected chi connectivity index (χ3v) is 2.87. The molecule has 0 unspecified atom stereocenters. The number of carbonyl (C=O) groups is 1. The van der Waals surface area contributed by atoms with Gasteiger partial charge in [-0.3, -0.25) is 4.79 Å². The summed E-state index contributed by atoms with van der Waals surface area (Å²) in [6.07, 6.45) is 0.750. The predicted octanol–water partition coefficient (Wildman–Crippen LogP) is 2.02. The second-order valence-corrected chi connectivity index (χ2v) is 4.47. The molecular formula is C15H17FN4O. The lowest BCUT2D eigenvalue weighted by molar-refractivity contribution is 0.0950. The van der Waals surface area contributed by atoms with Crippen LogP contribution in [0.2, 0.25) is 0 Å². The summed E-state index contributed by atoms with van der Waals surface area (Å²) in [7, 11) is 0. The van der Waals surface area contributed by atoms with E-state index in [0.717, 1.165) is 12.0 Å². The SMILES string of the molecule is CCNC(=O)c1ccc(NCCc2ccc(F)cc2)nn1. The maximum absolute atomic E-state index is 12.8. The summed E-state index contributed by atoms with van der Waals surface area (Å²) in [5.41, 5.74) is 1.33. The minimum Gasteiger partial charge on any atom is -0.368 e. The molecule has 1 aromatic carbocycles. The van der Waals surface area contributed by atoms with Crippen molar-refractivity contribution in [2.45, 2.75) is 13.3 Å². The molecule has 0 aliphatic carbocycles. The molecule has 0 saturated heterocycles. The highest BCUT2D eigenvalue weighted by atomic mass is 19.1. The predicted molar refractivity (Wildman–Crippen MR) is 78.6 cm³/mol. The van der Waals surface area contributed by atoms with Crippen LogP contribution in [0.15, 0.2) is 36.4 Å². The van der Waals surface area contributed by atoms with Crippen LogP contribution in [0.4, 0.5) is 10.2 Å². The van der Waals surface area contributed by atoms with Gasteiger partial charge in [-0.2, -0.15) is 0 Å². The molecule has 0 atom stereocenters. The van der Waals surface area contributed by atoms with Crippen LogP contribution in [-0.4, -0.2) is 29.2 Å². The molecule has 1 amide bonds. The van der Waals surface area contributed by atoms with Crippen molar-refractivity contribution in [1.82, 2.24) is 15.5 Å². The van der Waals surface area contributed by atoms with E-state index in [9.17, 15) is 9.18 Å². The van der Waals surface area contributed by atoms with E-state index in [0.29, 0.717) is 24.6 Å². The van der Waals surface area contributed by atoms with E-state index in [2.05, 4.69) is 20.8 Å². The fraction of sp³-hybridized carbons (Fsp3) is 0.267. The topological polar surface area (TPSA) is 66.9 Å². The number of nitrogens with one attached hydrogen (secondary N) is 2. The van der Waals surface area contributed by atoms with E-state index in [1.54, 1.807) is 24.3 Å². The normalized spacial score (nSPS) is 10.2. The van der Waals surface area contributed by atoms with Gasteiger partial charge in [0.15, 0.2) is 5.69 Å². The number of hydrogen-bond donors (Lipinski definition) is 2. The summed E-state index contributed by atoms with van der Waals surface area (Å²) in [6, 6.07) is 9.72. The molecule has 0 saturated carbocycles. The first-order chi connectivity index (χ1) is 10.2. The van der Waals surface area contributed by atoms with Crippen LogP contribution in [0, 0.1) is 5.82 Å². The van der Waals surface area contributed by atoms with Crippen molar-refractivity contribution in [2.75, 3.05) is 18.4 Å². The monoisotopic (exact) mass is 288 g/mol. The van der Waals surface area contributed by atoms with Crippen molar-refractivity contribution >= 4 is 11.7 Å². The van der Waals surface area contributed by atoms with Crippen LogP contribution in [0.5, 0.6) is 0 Å². The Morgan fingerprint density at radius 2 is 1.90 bits per heavy atom. The van der Waals surface area contributed by atoms with E-state index >= 15 is 0 Å². The summed E-state index contributed by atoms with van der Waals surface area (Å²) in [6.45, 7) is 3.05. The van der Waals surface area contributed by atoms with Gasteiger partial charge in [0, 0.05) is 13.1 Å². The van der Waals surface area contributed by atoms with Crippen LogP contribution in [0.3, 0.4) is 0 Å². The molecule has 2 aromatic rings. The van der Waals surface area contributed by atoms with Gasteiger partial charge in [-0.1, -0.05) is 12.1 Å². The van der Waals surface area contributed by atoms with Gasteiger partial charge in [-0.25, -0.2) is 4.39 Å². The number of halogens is 1. The molecule has 6 heteroatoms. The van der Waals surface area contributed by atoms with Gasteiger partial charge in [0.1, 0.15) is 11.6 Å². The number of anilines is 1. The molecule has 2 rings (SSSR count). The fourth-order valence-electron chi connectivity index (χ4n) is 1.78. The Kier molecular flexibility index (Phi) is 5.20. The minimum atomic E-state index is -0.237. The molecule has 2 N–H and O–H groups in total. The highest BCUT2D eigenvalue weighted by molar-refractivity contribution is 5.92. The van der Waals surface area contributed by atoms with Gasteiger partial charge in [0.05, 0.1) is 0 Å². The van der Waals surface area contributed by atoms with Gasteiger partial charge in [-0.05, 0) is 43.2 Å². The Balaban J connectivity index is 1.83. The zero-order chi connectivity index (χ0) is 15.1. The molecule has 21 heavy (non-hydrogen) atoms. The second kappa shape index (κ2) is 7.33. The summed E-state index contributed by atoms with van der Waals surface area (Å²) < 4.78 is 12.8. The number of benzene rings is 1. The van der Waals surface area contributed by atoms with Crippen molar-refractivity contribution < 1.29 is 9.18 Å². The molecule has 0 aliphatic heterocycles. The molecule has 0 radical (unpaired) electrons. The number of carbonyl (C=O) groups excluding carboxylic acids is 1. The first-order valence-electron chi connectivity index (χ1n) is 6.79. The quantitative estimate of drug-likeness (QED) is 0.853. The third-order valence-electron chi connectivity index (χ3n) is 2.87. The van der Waals surface area contributed by atoms with Crippen molar-refractivity contribution in [3.63, 3.8) is 0 Å². The largest absolute Gasteiger partial charge is 0.368 e. The zero-order valence-corrected chi connectivity index (χ0v) is 11.8. The molecule has 0 spiro atoms. The van der Waals surface area contributed by atoms with Crippen LogP contribution in [0.1, 0.15) is 23.0 Å². The van der Waals surface area contributed by atoms with Gasteiger partial charge >= 0.3 is 0 Å². The second-order valence-electron chi connectivity index (χ2n) is 4.47. The molecule has 0 bridgehead atoms. The number of nitrogens with zero attached hydrogens (tertiary/aromatic N) is 2. The Morgan fingerprint density at radius 1 is 1.14 bits per heavy atom. The van der Waals surface area contributed by atoms with E-state index in [1.165, 1.54) is 12.1 Å². The first-order valence-corrected chi connectivity index (χ1v) is 6.79. The Labute approximate surface area is 122 Å². The van der Waals surface area contributed by atoms with Gasteiger partial charge < -0.3 is 10.6 Å². The van der Waals surface area contributed by atoms with E-state index in [-0.39, 0.29) is 11.7 Å². The Hall–Kier alpha value is -2.50. The van der Waals surface area contributed by atoms with Gasteiger partial charge in [0.25, 0.3) is 5.91 Å². The third kappa shape index (κ3) is 4.52. The van der Waals surface area contributed by atoms with Crippen molar-refractivity contribution in [2.24, 2.45) is 0 Å². The van der Waals surface area contributed by atoms with Crippen LogP contribution < -0.4 is 10.6 Å². The molecule has 1 heterocycles. The maximum Gasteiger partial charge on any atom is 0.271 e. The fourth-order valence-corrected chi connectivity index (χ4v) is 1.78. The summed E-state index contributed by atoms with van der Waals surface area (Å²) >= 11 is 0. The molecule has 1 aromatic heterocycles. The highest BCUT2D eigenvalue weighted by Gasteiger charge is 2.06. The summed E-state index contributed by atoms with van der Waals surface area (Å²) in [5, 5.41) is 13.6. The Bertz CT molecular complexity index is 584. The molecule has 0 fully saturated rings. The van der Waals surface area contributed by atoms with Crippen molar-refractivity contribution in [3.8, 4) is 0 Å². The van der Waals surface area contributed by atoms with E-state index < -0.39 is 0 Å². The average molecular weight is 288 g/mol. The number of hydrogen-bond acceptors (Lipinski definition) is 4. The standard InChI is InChI=1S/C15H17FN4O/c1-2-17-15(21)13-7-8-14(20-19-13)18-10-9-11-3-5-12(16)6-4-11/h3-8H,2,9-10H2,1H3,(H,17,21)(H,18,20). The smallest absolute Gasteiger partial charge is 0.271 e. The molecule has 110 valence electrons. The maximum atomic E-state index is 12.8. The van der Waals surface area contributed by atoms with Gasteiger partial charge in [0.2, 0.25) is 0 Å². The lowest BCUT2D eigenvalue weighted by atomic mass is 10.1. The average Bonchev–Trinajstić information content (AvgIpc) is 2.50. The number of aromatic nitrogens is 2. The van der Waals surface area contributed by atoms with Crippen molar-refractivity contribution in [3.05, 3.63) is 53.5 Å². The van der Waals surface area contributed by atoms with Crippen molar-refractivity contribution in [1.29, 1.82) is 0 Å².